The molecule has 0 saturated carbocycles. The standard InChI is InChI=1S/C20H26BrClN2O5/c1-20(2,3)29-19(27)23-9-12(10-23)11-24-15-8-14(22)13(21)7-17(15)28-16(18(24)26)5-4-6-25/h7-8,12,16,25H,4-6,9-11H2,1-3H3. The lowest BCUT2D eigenvalue weighted by Crippen LogP contribution is -2.57. The van der Waals surface area contributed by atoms with E-state index in [1.165, 1.54) is 0 Å². The molecule has 9 heteroatoms. The average Bonchev–Trinajstić information content (AvgIpc) is 2.57. The lowest BCUT2D eigenvalue weighted by molar-refractivity contribution is -0.127. The number of halogens is 2. The Labute approximate surface area is 184 Å². The van der Waals surface area contributed by atoms with Crippen LogP contribution in [0.1, 0.15) is 33.6 Å². The van der Waals surface area contributed by atoms with Crippen LogP contribution < -0.4 is 9.64 Å². The Morgan fingerprint density at radius 1 is 1.38 bits per heavy atom. The molecular weight excluding hydrogens is 464 g/mol. The van der Waals surface area contributed by atoms with Crippen molar-refractivity contribution in [2.45, 2.75) is 45.3 Å². The quantitative estimate of drug-likeness (QED) is 0.680. The number of hydrogen-bond acceptors (Lipinski definition) is 5. The van der Waals surface area contributed by atoms with Gasteiger partial charge in [-0.25, -0.2) is 4.79 Å². The second kappa shape index (κ2) is 8.70. The van der Waals surface area contributed by atoms with Crippen molar-refractivity contribution in [2.24, 2.45) is 5.92 Å². The summed E-state index contributed by atoms with van der Waals surface area (Å²) < 4.78 is 12.0. The zero-order valence-corrected chi connectivity index (χ0v) is 19.1. The van der Waals surface area contributed by atoms with E-state index in [2.05, 4.69) is 15.9 Å². The molecule has 1 aromatic rings. The first kappa shape index (κ1) is 22.2. The summed E-state index contributed by atoms with van der Waals surface area (Å²) in [5.74, 6) is 0.561. The van der Waals surface area contributed by atoms with Gasteiger partial charge in [0.25, 0.3) is 5.91 Å². The molecule has 0 bridgehead atoms. The molecule has 2 heterocycles. The highest BCUT2D eigenvalue weighted by molar-refractivity contribution is 9.10. The van der Waals surface area contributed by atoms with E-state index in [1.54, 1.807) is 21.9 Å². The van der Waals surface area contributed by atoms with E-state index >= 15 is 0 Å². The molecule has 1 aromatic carbocycles. The summed E-state index contributed by atoms with van der Waals surface area (Å²) in [6, 6.07) is 3.47. The molecule has 29 heavy (non-hydrogen) atoms. The highest BCUT2D eigenvalue weighted by atomic mass is 79.9. The first-order valence-electron chi connectivity index (χ1n) is 9.65. The Bertz CT molecular complexity index is 792. The highest BCUT2D eigenvalue weighted by Gasteiger charge is 2.40. The van der Waals surface area contributed by atoms with E-state index in [0.717, 1.165) is 0 Å². The number of hydrogen-bond donors (Lipinski definition) is 1. The minimum absolute atomic E-state index is 0.00220. The summed E-state index contributed by atoms with van der Waals surface area (Å²) in [7, 11) is 0. The van der Waals surface area contributed by atoms with Crippen LogP contribution in [0.5, 0.6) is 5.75 Å². The number of ether oxygens (including phenoxy) is 2. The van der Waals surface area contributed by atoms with Gasteiger partial charge in [0.05, 0.1) is 10.7 Å². The van der Waals surface area contributed by atoms with Crippen molar-refractivity contribution in [2.75, 3.05) is 31.1 Å². The molecule has 1 unspecified atom stereocenters. The fraction of sp³-hybridized carbons (Fsp3) is 0.600. The number of aliphatic hydroxyl groups excluding tert-OH is 1. The van der Waals surface area contributed by atoms with Gasteiger partial charge in [-0.2, -0.15) is 0 Å². The van der Waals surface area contributed by atoms with E-state index in [4.69, 9.17) is 26.2 Å². The highest BCUT2D eigenvalue weighted by Crippen LogP contribution is 2.41. The molecule has 1 atom stereocenters. The largest absolute Gasteiger partial charge is 0.478 e. The third-order valence-corrected chi connectivity index (χ3v) is 5.97. The zero-order valence-electron chi connectivity index (χ0n) is 16.8. The van der Waals surface area contributed by atoms with Crippen LogP contribution in [0.2, 0.25) is 5.02 Å². The third-order valence-electron chi connectivity index (χ3n) is 4.78. The molecule has 3 rings (SSSR count). The first-order chi connectivity index (χ1) is 13.6. The summed E-state index contributed by atoms with van der Waals surface area (Å²) in [5, 5.41) is 9.61. The molecule has 7 nitrogen and oxygen atoms in total. The predicted molar refractivity (Wildman–Crippen MR) is 114 cm³/mol. The van der Waals surface area contributed by atoms with E-state index in [9.17, 15) is 9.59 Å². The van der Waals surface area contributed by atoms with E-state index < -0.39 is 11.7 Å². The Balaban J connectivity index is 1.72. The minimum Gasteiger partial charge on any atom is -0.478 e. The Kier molecular flexibility index (Phi) is 6.65. The number of fused-ring (bicyclic) bond motifs is 1. The lowest BCUT2D eigenvalue weighted by atomic mass is 9.98. The van der Waals surface area contributed by atoms with Gasteiger partial charge in [-0.1, -0.05) is 11.6 Å². The fourth-order valence-electron chi connectivity index (χ4n) is 3.39. The van der Waals surface area contributed by atoms with Crippen molar-refractivity contribution < 1.29 is 24.2 Å². The van der Waals surface area contributed by atoms with Crippen molar-refractivity contribution >= 4 is 45.2 Å². The Morgan fingerprint density at radius 2 is 2.07 bits per heavy atom. The van der Waals surface area contributed by atoms with Crippen molar-refractivity contribution in [3.63, 3.8) is 0 Å². The van der Waals surface area contributed by atoms with E-state index in [0.29, 0.717) is 53.4 Å². The van der Waals surface area contributed by atoms with Gasteiger partial charge < -0.3 is 24.4 Å². The number of benzene rings is 1. The van der Waals surface area contributed by atoms with Crippen LogP contribution >= 0.6 is 27.5 Å². The van der Waals surface area contributed by atoms with Gasteiger partial charge in [0.15, 0.2) is 6.10 Å². The SMILES string of the molecule is CC(C)(C)OC(=O)N1CC(CN2C(=O)C(CCCO)Oc3cc(Br)c(Cl)cc32)C1. The summed E-state index contributed by atoms with van der Waals surface area (Å²) >= 11 is 9.64. The predicted octanol–water partition coefficient (Wildman–Crippen LogP) is 3.84. The smallest absolute Gasteiger partial charge is 0.410 e. The average molecular weight is 490 g/mol. The monoisotopic (exact) mass is 488 g/mol. The maximum absolute atomic E-state index is 13.0. The third kappa shape index (κ3) is 5.16. The molecule has 1 N–H and O–H groups in total. The molecule has 0 aromatic heterocycles. The Hall–Kier alpha value is -1.51. The maximum Gasteiger partial charge on any atom is 0.410 e. The van der Waals surface area contributed by atoms with Crippen LogP contribution in [0.25, 0.3) is 0 Å². The van der Waals surface area contributed by atoms with Crippen LogP contribution in [0, 0.1) is 5.92 Å². The number of nitrogens with zero attached hydrogens (tertiary/aromatic N) is 2. The molecule has 2 amide bonds. The van der Waals surface area contributed by atoms with Gasteiger partial charge >= 0.3 is 6.09 Å². The summed E-state index contributed by atoms with van der Waals surface area (Å²) in [4.78, 5) is 28.5. The number of rotatable bonds is 5. The molecule has 0 aliphatic carbocycles. The second-order valence-corrected chi connectivity index (χ2v) is 9.67. The molecule has 1 fully saturated rings. The molecule has 0 radical (unpaired) electrons. The summed E-state index contributed by atoms with van der Waals surface area (Å²) in [6.07, 6.45) is -0.0789. The van der Waals surface area contributed by atoms with Gasteiger partial charge in [-0.15, -0.1) is 0 Å². The molecule has 2 aliphatic heterocycles. The molecular formula is C20H26BrClN2O5. The van der Waals surface area contributed by atoms with Crippen LogP contribution in [0.15, 0.2) is 16.6 Å². The van der Waals surface area contributed by atoms with Crippen LogP contribution in [-0.2, 0) is 9.53 Å². The summed E-state index contributed by atoms with van der Waals surface area (Å²) in [5.41, 5.74) is 0.0879. The van der Waals surface area contributed by atoms with Crippen LogP contribution in [0.4, 0.5) is 10.5 Å². The van der Waals surface area contributed by atoms with Crippen LogP contribution in [0.3, 0.4) is 0 Å². The molecule has 0 spiro atoms. The number of amides is 2. The van der Waals surface area contributed by atoms with E-state index in [1.807, 2.05) is 20.8 Å². The lowest BCUT2D eigenvalue weighted by Gasteiger charge is -2.43. The van der Waals surface area contributed by atoms with Crippen molar-refractivity contribution in [3.05, 3.63) is 21.6 Å². The number of carbonyl (C=O) groups is 2. The number of likely N-dealkylation sites (tertiary alicyclic amines) is 1. The molecule has 160 valence electrons. The number of anilines is 1. The fourth-order valence-corrected chi connectivity index (χ4v) is 3.87. The van der Waals surface area contributed by atoms with Crippen LogP contribution in [-0.4, -0.2) is 60.0 Å². The maximum atomic E-state index is 13.0. The zero-order chi connectivity index (χ0) is 21.3. The van der Waals surface area contributed by atoms with Gasteiger partial charge in [-0.3, -0.25) is 4.79 Å². The molecule has 1 saturated heterocycles. The van der Waals surface area contributed by atoms with Crippen molar-refractivity contribution in [3.8, 4) is 5.75 Å². The number of aliphatic hydroxyl groups is 1. The van der Waals surface area contributed by atoms with Gasteiger partial charge in [0, 0.05) is 36.6 Å². The van der Waals surface area contributed by atoms with Gasteiger partial charge in [0.2, 0.25) is 0 Å². The topological polar surface area (TPSA) is 79.3 Å². The first-order valence-corrected chi connectivity index (χ1v) is 10.8. The minimum atomic E-state index is -0.648. The van der Waals surface area contributed by atoms with Crippen molar-refractivity contribution in [1.82, 2.24) is 4.90 Å². The van der Waals surface area contributed by atoms with E-state index in [-0.39, 0.29) is 24.5 Å². The Morgan fingerprint density at radius 3 is 2.69 bits per heavy atom. The van der Waals surface area contributed by atoms with Gasteiger partial charge in [0.1, 0.15) is 11.4 Å². The van der Waals surface area contributed by atoms with Gasteiger partial charge in [-0.05, 0) is 61.7 Å². The van der Waals surface area contributed by atoms with Crippen molar-refractivity contribution in [1.29, 1.82) is 0 Å². The summed E-state index contributed by atoms with van der Waals surface area (Å²) in [6.45, 7) is 7.01. The normalized spacial score (nSPS) is 19.5. The second-order valence-electron chi connectivity index (χ2n) is 8.41. The molecule has 2 aliphatic rings. The number of carbonyl (C=O) groups excluding carboxylic acids is 2.